The summed E-state index contributed by atoms with van der Waals surface area (Å²) in [6, 6.07) is 4.26. The van der Waals surface area contributed by atoms with Crippen molar-refractivity contribution in [1.29, 1.82) is 0 Å². The minimum Gasteiger partial charge on any atom is -0.384 e. The van der Waals surface area contributed by atoms with Crippen molar-refractivity contribution >= 4 is 0 Å². The molecule has 21 heavy (non-hydrogen) atoms. The number of aliphatic hydroxyl groups is 1. The van der Waals surface area contributed by atoms with Crippen molar-refractivity contribution in [2.24, 2.45) is 0 Å². The van der Waals surface area contributed by atoms with Gasteiger partial charge in [0.25, 0.3) is 0 Å². The Labute approximate surface area is 124 Å². The molecule has 0 aromatic heterocycles. The first-order chi connectivity index (χ1) is 9.73. The number of benzene rings is 2. The van der Waals surface area contributed by atoms with E-state index in [-0.39, 0.29) is 5.56 Å². The molecule has 1 unspecified atom stereocenters. The van der Waals surface area contributed by atoms with E-state index in [1.54, 1.807) is 6.92 Å². The van der Waals surface area contributed by atoms with Gasteiger partial charge in [0.1, 0.15) is 17.7 Å². The van der Waals surface area contributed by atoms with Crippen LogP contribution in [0.1, 0.15) is 45.0 Å². The fraction of sp³-hybridized carbons (Fsp3) is 0.333. The maximum Gasteiger partial charge on any atom is 0.132 e. The fourth-order valence-electron chi connectivity index (χ4n) is 2.70. The highest BCUT2D eigenvalue weighted by Crippen LogP contribution is 2.33. The largest absolute Gasteiger partial charge is 0.384 e. The number of hydrogen-bond acceptors (Lipinski definition) is 1. The molecule has 0 heterocycles. The summed E-state index contributed by atoms with van der Waals surface area (Å²) in [5.74, 6) is -1.32. The monoisotopic (exact) mass is 290 g/mol. The maximum absolute atomic E-state index is 14.0. The maximum atomic E-state index is 14.0. The lowest BCUT2D eigenvalue weighted by Gasteiger charge is -2.21. The van der Waals surface area contributed by atoms with Crippen LogP contribution in [0.3, 0.4) is 0 Å². The van der Waals surface area contributed by atoms with Crippen molar-refractivity contribution in [3.05, 3.63) is 68.8 Å². The molecular formula is C18H20F2O. The molecule has 2 aromatic carbocycles. The van der Waals surface area contributed by atoms with Crippen LogP contribution in [-0.2, 0) is 0 Å². The van der Waals surface area contributed by atoms with Crippen molar-refractivity contribution in [1.82, 2.24) is 0 Å². The first-order valence-electron chi connectivity index (χ1n) is 6.95. The van der Waals surface area contributed by atoms with Crippen LogP contribution in [0.15, 0.2) is 18.2 Å². The second kappa shape index (κ2) is 5.57. The second-order valence-electron chi connectivity index (χ2n) is 5.70. The smallest absolute Gasteiger partial charge is 0.132 e. The molecule has 0 aliphatic rings. The number of halogens is 2. The summed E-state index contributed by atoms with van der Waals surface area (Å²) in [4.78, 5) is 0. The zero-order valence-corrected chi connectivity index (χ0v) is 13.0. The van der Waals surface area contributed by atoms with E-state index in [1.807, 2.05) is 33.8 Å². The van der Waals surface area contributed by atoms with Crippen LogP contribution in [0.2, 0.25) is 0 Å². The van der Waals surface area contributed by atoms with Crippen molar-refractivity contribution < 1.29 is 13.9 Å². The highest BCUT2D eigenvalue weighted by molar-refractivity contribution is 5.48. The van der Waals surface area contributed by atoms with E-state index in [0.717, 1.165) is 28.3 Å². The molecular weight excluding hydrogens is 270 g/mol. The van der Waals surface area contributed by atoms with E-state index in [9.17, 15) is 13.9 Å². The molecule has 1 atom stereocenters. The summed E-state index contributed by atoms with van der Waals surface area (Å²) in [6.07, 6.45) is -1.09. The zero-order chi connectivity index (χ0) is 15.9. The minimum absolute atomic E-state index is 0.116. The summed E-state index contributed by atoms with van der Waals surface area (Å²) in [7, 11) is 0. The van der Waals surface area contributed by atoms with Gasteiger partial charge in [0.15, 0.2) is 0 Å². The molecule has 2 rings (SSSR count). The third-order valence-electron chi connectivity index (χ3n) is 4.27. The number of aliphatic hydroxyl groups excluding tert-OH is 1. The summed E-state index contributed by atoms with van der Waals surface area (Å²) in [6.45, 7) is 9.31. The fourth-order valence-corrected chi connectivity index (χ4v) is 2.70. The summed E-state index contributed by atoms with van der Waals surface area (Å²) < 4.78 is 27.4. The first-order valence-corrected chi connectivity index (χ1v) is 6.95. The van der Waals surface area contributed by atoms with Gasteiger partial charge in [0.2, 0.25) is 0 Å². The van der Waals surface area contributed by atoms with Crippen LogP contribution < -0.4 is 0 Å². The van der Waals surface area contributed by atoms with Crippen LogP contribution in [0.5, 0.6) is 0 Å². The van der Waals surface area contributed by atoms with Crippen LogP contribution in [0, 0.1) is 46.3 Å². The third-order valence-corrected chi connectivity index (χ3v) is 4.27. The van der Waals surface area contributed by atoms with E-state index < -0.39 is 17.7 Å². The number of aryl methyl sites for hydroxylation is 3. The topological polar surface area (TPSA) is 20.2 Å². The predicted octanol–water partition coefficient (Wildman–Crippen LogP) is 4.59. The van der Waals surface area contributed by atoms with Gasteiger partial charge in [0, 0.05) is 11.6 Å². The summed E-state index contributed by atoms with van der Waals surface area (Å²) in [5.41, 5.74) is 5.12. The Morgan fingerprint density at radius 1 is 0.762 bits per heavy atom. The Hall–Kier alpha value is -1.74. The molecule has 0 radical (unpaired) electrons. The first kappa shape index (κ1) is 15.6. The highest BCUT2D eigenvalue weighted by atomic mass is 19.1. The Balaban J connectivity index is 2.66. The molecule has 1 nitrogen and oxygen atoms in total. The third kappa shape index (κ3) is 2.70. The van der Waals surface area contributed by atoms with Crippen molar-refractivity contribution in [2.75, 3.05) is 0 Å². The second-order valence-corrected chi connectivity index (χ2v) is 5.70. The van der Waals surface area contributed by atoms with Gasteiger partial charge in [-0.3, -0.25) is 0 Å². The predicted molar refractivity (Wildman–Crippen MR) is 80.5 cm³/mol. The lowest BCUT2D eigenvalue weighted by molar-refractivity contribution is 0.213. The highest BCUT2D eigenvalue weighted by Gasteiger charge is 2.22. The van der Waals surface area contributed by atoms with Crippen LogP contribution >= 0.6 is 0 Å². The van der Waals surface area contributed by atoms with Crippen molar-refractivity contribution in [3.8, 4) is 0 Å². The Morgan fingerprint density at radius 2 is 1.29 bits per heavy atom. The van der Waals surface area contributed by atoms with E-state index in [4.69, 9.17) is 0 Å². The molecule has 0 amide bonds. The Morgan fingerprint density at radius 3 is 1.81 bits per heavy atom. The SMILES string of the molecule is Cc1cc(C(O)c2c(C)c(C)cc(C)c2C)c(F)cc1F. The van der Waals surface area contributed by atoms with E-state index in [1.165, 1.54) is 6.07 Å². The lowest BCUT2D eigenvalue weighted by atomic mass is 9.88. The molecule has 0 aliphatic carbocycles. The quantitative estimate of drug-likeness (QED) is 0.857. The summed E-state index contributed by atoms with van der Waals surface area (Å²) in [5, 5.41) is 10.6. The normalized spacial score (nSPS) is 12.6. The molecule has 1 N–H and O–H groups in total. The van der Waals surface area contributed by atoms with Gasteiger partial charge in [-0.15, -0.1) is 0 Å². The molecule has 0 spiro atoms. The molecule has 0 aliphatic heterocycles. The van der Waals surface area contributed by atoms with Crippen LogP contribution in [0.25, 0.3) is 0 Å². The molecule has 2 aromatic rings. The van der Waals surface area contributed by atoms with Crippen LogP contribution in [0.4, 0.5) is 8.78 Å². The molecule has 112 valence electrons. The van der Waals surface area contributed by atoms with Crippen molar-refractivity contribution in [2.45, 2.75) is 40.7 Å². The van der Waals surface area contributed by atoms with Gasteiger partial charge < -0.3 is 5.11 Å². The van der Waals surface area contributed by atoms with E-state index >= 15 is 0 Å². The van der Waals surface area contributed by atoms with Gasteiger partial charge in [-0.1, -0.05) is 6.07 Å². The van der Waals surface area contributed by atoms with Gasteiger partial charge in [-0.25, -0.2) is 8.78 Å². The minimum atomic E-state index is -1.09. The molecule has 0 fully saturated rings. The average Bonchev–Trinajstić information content (AvgIpc) is 2.40. The van der Waals surface area contributed by atoms with Gasteiger partial charge in [-0.2, -0.15) is 0 Å². The van der Waals surface area contributed by atoms with Gasteiger partial charge in [0.05, 0.1) is 0 Å². The van der Waals surface area contributed by atoms with Gasteiger partial charge in [-0.05, 0) is 74.1 Å². The van der Waals surface area contributed by atoms with E-state index in [2.05, 4.69) is 0 Å². The lowest BCUT2D eigenvalue weighted by Crippen LogP contribution is -2.10. The number of hydrogen-bond donors (Lipinski definition) is 1. The van der Waals surface area contributed by atoms with Crippen LogP contribution in [-0.4, -0.2) is 5.11 Å². The molecule has 0 saturated heterocycles. The van der Waals surface area contributed by atoms with Crippen molar-refractivity contribution in [3.63, 3.8) is 0 Å². The standard InChI is InChI=1S/C18H20F2O/c1-9-6-10(2)13(5)17(12(9)4)18(21)14-7-11(3)15(19)8-16(14)20/h6-8,18,21H,1-5H3. The number of rotatable bonds is 2. The zero-order valence-electron chi connectivity index (χ0n) is 13.0. The molecule has 0 saturated carbocycles. The Bertz CT molecular complexity index is 679. The Kier molecular flexibility index (Phi) is 4.15. The van der Waals surface area contributed by atoms with Gasteiger partial charge >= 0.3 is 0 Å². The average molecular weight is 290 g/mol. The molecule has 3 heteroatoms. The summed E-state index contributed by atoms with van der Waals surface area (Å²) >= 11 is 0. The van der Waals surface area contributed by atoms with E-state index in [0.29, 0.717) is 11.1 Å². The molecule has 0 bridgehead atoms.